The van der Waals surface area contributed by atoms with E-state index in [0.29, 0.717) is 16.9 Å². The van der Waals surface area contributed by atoms with Crippen LogP contribution in [0.2, 0.25) is 0 Å². The normalized spacial score (nSPS) is 18.8. The molecular formula is C24H25N3O6. The van der Waals surface area contributed by atoms with Gasteiger partial charge in [0.15, 0.2) is 0 Å². The number of hydrogen-bond acceptors (Lipinski definition) is 7. The molecular weight excluding hydrogens is 426 g/mol. The molecule has 1 aromatic carbocycles. The molecule has 0 saturated heterocycles. The molecule has 4 rings (SSSR count). The Balaban J connectivity index is 2.17. The summed E-state index contributed by atoms with van der Waals surface area (Å²) >= 11 is 0. The summed E-state index contributed by atoms with van der Waals surface area (Å²) < 4.78 is 17.4. The van der Waals surface area contributed by atoms with Crippen LogP contribution in [0.1, 0.15) is 16.8 Å². The van der Waals surface area contributed by atoms with Crippen molar-refractivity contribution in [3.8, 4) is 5.75 Å². The van der Waals surface area contributed by atoms with E-state index in [4.69, 9.17) is 19.9 Å². The quantitative estimate of drug-likeness (QED) is 0.521. The fourth-order valence-electron chi connectivity index (χ4n) is 4.71. The first kappa shape index (κ1) is 22.3. The van der Waals surface area contributed by atoms with Crippen molar-refractivity contribution >= 4 is 17.6 Å². The van der Waals surface area contributed by atoms with E-state index in [9.17, 15) is 14.4 Å². The first-order valence-corrected chi connectivity index (χ1v) is 10.4. The van der Waals surface area contributed by atoms with Gasteiger partial charge in [0.1, 0.15) is 16.7 Å². The highest BCUT2D eigenvalue weighted by Crippen LogP contribution is 2.54. The molecule has 9 nitrogen and oxygen atoms in total. The molecule has 172 valence electrons. The van der Waals surface area contributed by atoms with E-state index >= 15 is 0 Å². The third-order valence-corrected chi connectivity index (χ3v) is 6.07. The van der Waals surface area contributed by atoms with E-state index in [1.54, 1.807) is 43.3 Å². The van der Waals surface area contributed by atoms with Crippen LogP contribution in [-0.4, -0.2) is 43.8 Å². The predicted molar refractivity (Wildman–Crippen MR) is 121 cm³/mol. The molecule has 2 aliphatic rings. The predicted octanol–water partition coefficient (Wildman–Crippen LogP) is 1.36. The van der Waals surface area contributed by atoms with Gasteiger partial charge in [-0.2, -0.15) is 0 Å². The fraction of sp³-hybridized carbons (Fsp3) is 0.292. The number of anilines is 1. The molecule has 0 bridgehead atoms. The number of benzene rings is 1. The number of carbonyl (C=O) groups excluding carboxylic acids is 2. The van der Waals surface area contributed by atoms with Crippen molar-refractivity contribution in [1.29, 1.82) is 0 Å². The number of fused-ring (bicyclic) bond motifs is 4. The van der Waals surface area contributed by atoms with Crippen molar-refractivity contribution in [3.05, 3.63) is 81.6 Å². The van der Waals surface area contributed by atoms with Crippen molar-refractivity contribution in [3.63, 3.8) is 0 Å². The molecule has 0 fully saturated rings. The summed E-state index contributed by atoms with van der Waals surface area (Å²) in [5, 5.41) is 0. The third-order valence-electron chi connectivity index (χ3n) is 6.07. The van der Waals surface area contributed by atoms with Gasteiger partial charge in [0, 0.05) is 43.2 Å². The van der Waals surface area contributed by atoms with E-state index in [-0.39, 0.29) is 42.5 Å². The zero-order chi connectivity index (χ0) is 23.9. The van der Waals surface area contributed by atoms with Crippen molar-refractivity contribution in [2.24, 2.45) is 5.73 Å². The smallest absolute Gasteiger partial charge is 0.340 e. The summed E-state index contributed by atoms with van der Waals surface area (Å²) in [7, 11) is 2.72. The van der Waals surface area contributed by atoms with Crippen molar-refractivity contribution < 1.29 is 23.8 Å². The molecule has 1 aromatic heterocycles. The molecule has 33 heavy (non-hydrogen) atoms. The minimum absolute atomic E-state index is 0.0165. The Labute approximate surface area is 190 Å². The summed E-state index contributed by atoms with van der Waals surface area (Å²) in [4.78, 5) is 42.6. The summed E-state index contributed by atoms with van der Waals surface area (Å²) in [5.41, 5.74) is 5.31. The minimum Gasteiger partial charge on any atom is -0.465 e. The Morgan fingerprint density at radius 3 is 2.67 bits per heavy atom. The lowest BCUT2D eigenvalue weighted by molar-refractivity contribution is -0.138. The Hall–Kier alpha value is -3.85. The van der Waals surface area contributed by atoms with Gasteiger partial charge in [-0.15, -0.1) is 6.58 Å². The number of nitrogens with zero attached hydrogens (tertiary/aromatic N) is 2. The zero-order valence-electron chi connectivity index (χ0n) is 18.7. The number of aromatic nitrogens is 1. The van der Waals surface area contributed by atoms with Crippen molar-refractivity contribution in [2.45, 2.75) is 18.9 Å². The number of nitrogens with two attached hydrogens (primary N) is 1. The maximum atomic E-state index is 14.2. The van der Waals surface area contributed by atoms with Gasteiger partial charge >= 0.3 is 5.97 Å². The maximum absolute atomic E-state index is 14.2. The number of aryl methyl sites for hydroxylation is 1. The van der Waals surface area contributed by atoms with Gasteiger partial charge in [-0.25, -0.2) is 4.79 Å². The summed E-state index contributed by atoms with van der Waals surface area (Å²) in [5.74, 6) is -1.52. The second-order valence-electron chi connectivity index (χ2n) is 7.78. The fourth-order valence-corrected chi connectivity index (χ4v) is 4.71. The van der Waals surface area contributed by atoms with E-state index < -0.39 is 22.9 Å². The largest absolute Gasteiger partial charge is 0.465 e. The number of rotatable bonds is 6. The highest BCUT2D eigenvalue weighted by atomic mass is 16.5. The average molecular weight is 451 g/mol. The van der Waals surface area contributed by atoms with Gasteiger partial charge in [-0.05, 0) is 13.0 Å². The van der Waals surface area contributed by atoms with E-state index in [0.717, 1.165) is 0 Å². The Bertz CT molecular complexity index is 1260. The van der Waals surface area contributed by atoms with Gasteiger partial charge in [0.2, 0.25) is 11.8 Å². The van der Waals surface area contributed by atoms with Crippen LogP contribution >= 0.6 is 0 Å². The summed E-state index contributed by atoms with van der Waals surface area (Å²) in [6, 6.07) is 8.62. The van der Waals surface area contributed by atoms with Crippen LogP contribution in [0.15, 0.2) is 59.2 Å². The maximum Gasteiger partial charge on any atom is 0.340 e. The highest BCUT2D eigenvalue weighted by molar-refractivity contribution is 6.18. The molecule has 2 aliphatic heterocycles. The van der Waals surface area contributed by atoms with Gasteiger partial charge in [-0.3, -0.25) is 9.59 Å². The first-order chi connectivity index (χ1) is 15.8. The van der Waals surface area contributed by atoms with Gasteiger partial charge < -0.3 is 29.4 Å². The van der Waals surface area contributed by atoms with Crippen LogP contribution in [-0.2, 0) is 31.0 Å². The number of ether oxygens (including phenoxy) is 3. The lowest BCUT2D eigenvalue weighted by Crippen LogP contribution is -2.52. The van der Waals surface area contributed by atoms with Crippen LogP contribution in [0, 0.1) is 6.92 Å². The van der Waals surface area contributed by atoms with Crippen LogP contribution in [0.5, 0.6) is 5.75 Å². The number of esters is 1. The Morgan fingerprint density at radius 2 is 2.00 bits per heavy atom. The Kier molecular flexibility index (Phi) is 5.59. The SMILES string of the molecule is C=CCN1C(=O)[C@]2(C(C(=O)OC)=C(N)Oc3cc(C)n(CCOC)c(=O)c32)c2ccccc21. The lowest BCUT2D eigenvalue weighted by atomic mass is 9.68. The second kappa shape index (κ2) is 8.25. The average Bonchev–Trinajstić information content (AvgIpc) is 3.02. The first-order valence-electron chi connectivity index (χ1n) is 10.4. The molecule has 0 unspecified atom stereocenters. The molecule has 0 aliphatic carbocycles. The van der Waals surface area contributed by atoms with Gasteiger partial charge in [0.05, 0.1) is 19.3 Å². The minimum atomic E-state index is -1.83. The zero-order valence-corrected chi connectivity index (χ0v) is 18.7. The molecule has 2 aromatic rings. The van der Waals surface area contributed by atoms with Gasteiger partial charge in [-0.1, -0.05) is 24.3 Å². The second-order valence-corrected chi connectivity index (χ2v) is 7.78. The van der Waals surface area contributed by atoms with E-state index in [2.05, 4.69) is 6.58 Å². The van der Waals surface area contributed by atoms with Crippen molar-refractivity contribution in [1.82, 2.24) is 4.57 Å². The number of para-hydroxylation sites is 1. The van der Waals surface area contributed by atoms with Crippen molar-refractivity contribution in [2.75, 3.05) is 32.3 Å². The molecule has 1 amide bonds. The summed E-state index contributed by atoms with van der Waals surface area (Å²) in [6.07, 6.45) is 1.57. The standard InChI is InChI=1S/C24H25N3O6/c1-5-10-27-16-9-7-6-8-15(16)24(23(27)30)18-17(33-20(25)19(24)22(29)32-4)13-14(2)26(21(18)28)11-12-31-3/h5-9,13H,1,10-12,25H2,2-4H3/t24-/m1/s1. The molecule has 9 heteroatoms. The van der Waals surface area contributed by atoms with Crippen LogP contribution < -0.4 is 20.9 Å². The molecule has 1 atom stereocenters. The number of methoxy groups -OCH3 is 2. The molecule has 0 saturated carbocycles. The topological polar surface area (TPSA) is 113 Å². The number of amides is 1. The lowest BCUT2D eigenvalue weighted by Gasteiger charge is -2.35. The van der Waals surface area contributed by atoms with Crippen LogP contribution in [0.25, 0.3) is 0 Å². The molecule has 2 N–H and O–H groups in total. The van der Waals surface area contributed by atoms with Crippen LogP contribution in [0.3, 0.4) is 0 Å². The van der Waals surface area contributed by atoms with E-state index in [1.165, 1.54) is 23.7 Å². The monoisotopic (exact) mass is 451 g/mol. The Morgan fingerprint density at radius 1 is 1.27 bits per heavy atom. The third kappa shape index (κ3) is 3.00. The number of pyridine rings is 1. The molecule has 0 radical (unpaired) electrons. The number of hydrogen-bond donors (Lipinski definition) is 1. The highest BCUT2D eigenvalue weighted by Gasteiger charge is 2.62. The number of carbonyl (C=O) groups is 2. The summed E-state index contributed by atoms with van der Waals surface area (Å²) in [6.45, 7) is 6.20. The van der Waals surface area contributed by atoms with Gasteiger partial charge in [0.25, 0.3) is 5.56 Å². The van der Waals surface area contributed by atoms with Crippen LogP contribution in [0.4, 0.5) is 5.69 Å². The van der Waals surface area contributed by atoms with E-state index in [1.807, 2.05) is 0 Å². The molecule has 1 spiro atoms. The molecule has 3 heterocycles.